The molecule has 1 aromatic carbocycles. The summed E-state index contributed by atoms with van der Waals surface area (Å²) in [5.74, 6) is 1.08. The van der Waals surface area contributed by atoms with E-state index >= 15 is 0 Å². The molecule has 0 atom stereocenters. The number of thiol groups is 1. The summed E-state index contributed by atoms with van der Waals surface area (Å²) >= 11 is 4.25. The molecule has 0 bridgehead atoms. The summed E-state index contributed by atoms with van der Waals surface area (Å²) in [7, 11) is 0. The van der Waals surface area contributed by atoms with Crippen LogP contribution in [0, 0.1) is 5.92 Å². The van der Waals surface area contributed by atoms with Gasteiger partial charge in [-0.1, -0.05) is 25.5 Å². The molecule has 98 valence electrons. The standard InChI is InChI=1S/C15H21NOS/c1-2-12-7-9-16(10-8-12)15(17)11-13-3-5-14(18)6-4-13/h3-6,12,18H,2,7-11H2,1H3. The summed E-state index contributed by atoms with van der Waals surface area (Å²) in [6, 6.07) is 7.85. The van der Waals surface area contributed by atoms with Crippen LogP contribution < -0.4 is 0 Å². The first-order chi connectivity index (χ1) is 8.69. The molecule has 1 aliphatic heterocycles. The van der Waals surface area contributed by atoms with Gasteiger partial charge in [-0.25, -0.2) is 0 Å². The Morgan fingerprint density at radius 3 is 2.44 bits per heavy atom. The molecule has 0 aliphatic carbocycles. The smallest absolute Gasteiger partial charge is 0.226 e. The Morgan fingerprint density at radius 2 is 1.89 bits per heavy atom. The lowest BCUT2D eigenvalue weighted by Crippen LogP contribution is -2.39. The minimum absolute atomic E-state index is 0.261. The molecule has 0 radical (unpaired) electrons. The molecular weight excluding hydrogens is 242 g/mol. The van der Waals surface area contributed by atoms with E-state index in [1.54, 1.807) is 0 Å². The van der Waals surface area contributed by atoms with Crippen LogP contribution in [0.25, 0.3) is 0 Å². The number of carbonyl (C=O) groups excluding carboxylic acids is 1. The van der Waals surface area contributed by atoms with Crippen molar-refractivity contribution in [2.75, 3.05) is 13.1 Å². The van der Waals surface area contributed by atoms with Gasteiger partial charge in [0.05, 0.1) is 6.42 Å². The molecule has 18 heavy (non-hydrogen) atoms. The number of rotatable bonds is 3. The van der Waals surface area contributed by atoms with Crippen molar-refractivity contribution in [3.05, 3.63) is 29.8 Å². The molecule has 3 heteroatoms. The average Bonchev–Trinajstić information content (AvgIpc) is 2.41. The van der Waals surface area contributed by atoms with Crippen molar-refractivity contribution < 1.29 is 4.79 Å². The summed E-state index contributed by atoms with van der Waals surface area (Å²) in [6.45, 7) is 4.10. The summed E-state index contributed by atoms with van der Waals surface area (Å²) in [6.07, 6.45) is 4.09. The van der Waals surface area contributed by atoms with Crippen LogP contribution in [0.3, 0.4) is 0 Å². The second-order valence-electron chi connectivity index (χ2n) is 5.08. The van der Waals surface area contributed by atoms with Gasteiger partial charge in [-0.15, -0.1) is 12.6 Å². The maximum Gasteiger partial charge on any atom is 0.226 e. The number of piperidine rings is 1. The molecule has 0 spiro atoms. The minimum Gasteiger partial charge on any atom is -0.342 e. The monoisotopic (exact) mass is 263 g/mol. The molecule has 0 unspecified atom stereocenters. The predicted octanol–water partition coefficient (Wildman–Crippen LogP) is 3.17. The zero-order valence-corrected chi connectivity index (χ0v) is 11.8. The lowest BCUT2D eigenvalue weighted by atomic mass is 9.94. The molecule has 1 aromatic rings. The molecule has 1 fully saturated rings. The zero-order chi connectivity index (χ0) is 13.0. The summed E-state index contributed by atoms with van der Waals surface area (Å²) in [5, 5.41) is 0. The highest BCUT2D eigenvalue weighted by atomic mass is 32.1. The van der Waals surface area contributed by atoms with Crippen LogP contribution in [0.4, 0.5) is 0 Å². The SMILES string of the molecule is CCC1CCN(C(=O)Cc2ccc(S)cc2)CC1. The van der Waals surface area contributed by atoms with Gasteiger partial charge in [0.2, 0.25) is 5.91 Å². The number of carbonyl (C=O) groups is 1. The van der Waals surface area contributed by atoms with Crippen LogP contribution in [-0.4, -0.2) is 23.9 Å². The van der Waals surface area contributed by atoms with Crippen molar-refractivity contribution in [3.8, 4) is 0 Å². The Labute approximate surface area is 115 Å². The third-order valence-electron chi connectivity index (χ3n) is 3.84. The second-order valence-corrected chi connectivity index (χ2v) is 5.59. The van der Waals surface area contributed by atoms with Crippen LogP contribution in [-0.2, 0) is 11.2 Å². The number of benzene rings is 1. The van der Waals surface area contributed by atoms with Crippen molar-refractivity contribution in [1.82, 2.24) is 4.90 Å². The van der Waals surface area contributed by atoms with E-state index in [1.165, 1.54) is 6.42 Å². The van der Waals surface area contributed by atoms with Gasteiger partial charge in [0.1, 0.15) is 0 Å². The molecule has 1 aliphatic rings. The first-order valence-electron chi connectivity index (χ1n) is 6.74. The van der Waals surface area contributed by atoms with Crippen LogP contribution in [0.5, 0.6) is 0 Å². The van der Waals surface area contributed by atoms with E-state index in [-0.39, 0.29) is 5.91 Å². The molecule has 1 saturated heterocycles. The van der Waals surface area contributed by atoms with Gasteiger partial charge in [-0.3, -0.25) is 4.79 Å². The van der Waals surface area contributed by atoms with Crippen LogP contribution >= 0.6 is 12.6 Å². The highest BCUT2D eigenvalue weighted by molar-refractivity contribution is 7.80. The van der Waals surface area contributed by atoms with Gasteiger partial charge >= 0.3 is 0 Å². The van der Waals surface area contributed by atoms with E-state index in [4.69, 9.17) is 0 Å². The van der Waals surface area contributed by atoms with Crippen LogP contribution in [0.1, 0.15) is 31.7 Å². The topological polar surface area (TPSA) is 20.3 Å². The van der Waals surface area contributed by atoms with Crippen LogP contribution in [0.15, 0.2) is 29.2 Å². The van der Waals surface area contributed by atoms with E-state index in [2.05, 4.69) is 19.6 Å². The second kappa shape index (κ2) is 6.28. The first kappa shape index (κ1) is 13.5. The maximum absolute atomic E-state index is 12.2. The van der Waals surface area contributed by atoms with Crippen molar-refractivity contribution in [1.29, 1.82) is 0 Å². The van der Waals surface area contributed by atoms with Gasteiger partial charge in [0.15, 0.2) is 0 Å². The third kappa shape index (κ3) is 3.52. The van der Waals surface area contributed by atoms with Crippen molar-refractivity contribution in [2.45, 2.75) is 37.5 Å². The highest BCUT2D eigenvalue weighted by Gasteiger charge is 2.21. The minimum atomic E-state index is 0.261. The van der Waals surface area contributed by atoms with E-state index < -0.39 is 0 Å². The largest absolute Gasteiger partial charge is 0.342 e. The van der Waals surface area contributed by atoms with Gasteiger partial charge < -0.3 is 4.90 Å². The number of hydrogen-bond acceptors (Lipinski definition) is 2. The maximum atomic E-state index is 12.2. The molecular formula is C15H21NOS. The van der Waals surface area contributed by atoms with Crippen molar-refractivity contribution in [2.24, 2.45) is 5.92 Å². The summed E-state index contributed by atoms with van der Waals surface area (Å²) in [5.41, 5.74) is 1.08. The molecule has 2 rings (SSSR count). The van der Waals surface area contributed by atoms with E-state index in [9.17, 15) is 4.79 Å². The molecule has 2 nitrogen and oxygen atoms in total. The van der Waals surface area contributed by atoms with Gasteiger partial charge in [-0.2, -0.15) is 0 Å². The Kier molecular flexibility index (Phi) is 4.70. The fourth-order valence-electron chi connectivity index (χ4n) is 2.49. The normalized spacial score (nSPS) is 16.9. The summed E-state index contributed by atoms with van der Waals surface area (Å²) < 4.78 is 0. The number of likely N-dealkylation sites (tertiary alicyclic amines) is 1. The van der Waals surface area contributed by atoms with Crippen molar-refractivity contribution >= 4 is 18.5 Å². The highest BCUT2D eigenvalue weighted by Crippen LogP contribution is 2.20. The lowest BCUT2D eigenvalue weighted by molar-refractivity contribution is -0.131. The molecule has 1 amide bonds. The fraction of sp³-hybridized carbons (Fsp3) is 0.533. The van der Waals surface area contributed by atoms with E-state index in [0.717, 1.165) is 42.3 Å². The predicted molar refractivity (Wildman–Crippen MR) is 77.0 cm³/mol. The van der Waals surface area contributed by atoms with Crippen molar-refractivity contribution in [3.63, 3.8) is 0 Å². The Hall–Kier alpha value is -0.960. The Morgan fingerprint density at radius 1 is 1.28 bits per heavy atom. The van der Waals surface area contributed by atoms with E-state index in [1.807, 2.05) is 29.2 Å². The van der Waals surface area contributed by atoms with Gasteiger partial charge in [0.25, 0.3) is 0 Å². The lowest BCUT2D eigenvalue weighted by Gasteiger charge is -2.31. The van der Waals surface area contributed by atoms with E-state index in [0.29, 0.717) is 6.42 Å². The Balaban J connectivity index is 1.87. The van der Waals surface area contributed by atoms with Crippen LogP contribution in [0.2, 0.25) is 0 Å². The number of nitrogens with zero attached hydrogens (tertiary/aromatic N) is 1. The van der Waals surface area contributed by atoms with Gasteiger partial charge in [0, 0.05) is 18.0 Å². The Bertz CT molecular complexity index is 393. The summed E-state index contributed by atoms with van der Waals surface area (Å²) in [4.78, 5) is 15.1. The first-order valence-corrected chi connectivity index (χ1v) is 7.19. The van der Waals surface area contributed by atoms with Gasteiger partial charge in [-0.05, 0) is 36.5 Å². The third-order valence-corrected chi connectivity index (χ3v) is 4.13. The number of hydrogen-bond donors (Lipinski definition) is 1. The average molecular weight is 263 g/mol. The molecule has 0 saturated carbocycles. The molecule has 0 N–H and O–H groups in total. The number of amides is 1. The quantitative estimate of drug-likeness (QED) is 0.831. The molecule has 0 aromatic heterocycles. The zero-order valence-electron chi connectivity index (χ0n) is 10.9. The molecule has 1 heterocycles. The fourth-order valence-corrected chi connectivity index (χ4v) is 2.64.